The van der Waals surface area contributed by atoms with Crippen LogP contribution in [0, 0.1) is 0 Å². The van der Waals surface area contributed by atoms with Crippen LogP contribution in [0.2, 0.25) is 0 Å². The maximum absolute atomic E-state index is 5.11. The molecule has 1 N–H and O–H groups in total. The summed E-state index contributed by atoms with van der Waals surface area (Å²) in [7, 11) is 0. The van der Waals surface area contributed by atoms with Crippen molar-refractivity contribution in [1.82, 2.24) is 5.48 Å². The number of hydrogen-bond acceptors (Lipinski definition) is 3. The zero-order chi connectivity index (χ0) is 5.66. The molecule has 3 nitrogen and oxygen atoms in total. The lowest BCUT2D eigenvalue weighted by Crippen LogP contribution is -2.23. The van der Waals surface area contributed by atoms with E-state index < -0.39 is 0 Å². The molecular weight excluding hydrogens is 106 g/mol. The zero-order valence-electron chi connectivity index (χ0n) is 4.85. The van der Waals surface area contributed by atoms with Crippen LogP contribution in [0.3, 0.4) is 0 Å². The third kappa shape index (κ3) is 2.26. The zero-order valence-corrected chi connectivity index (χ0v) is 4.85. The Morgan fingerprint density at radius 2 is 2.12 bits per heavy atom. The molecular formula is C5H11NO2. The van der Waals surface area contributed by atoms with Crippen LogP contribution in [-0.2, 0) is 9.57 Å². The fraction of sp³-hybridized carbons (Fsp3) is 1.00. The van der Waals surface area contributed by atoms with E-state index in [1.54, 1.807) is 0 Å². The summed E-state index contributed by atoms with van der Waals surface area (Å²) in [6.45, 7) is 3.14. The smallest absolute Gasteiger partial charge is 0.0916 e. The molecule has 1 saturated heterocycles. The molecule has 48 valence electrons. The maximum atomic E-state index is 5.11. The van der Waals surface area contributed by atoms with Gasteiger partial charge in [0.05, 0.1) is 13.2 Å². The SMILES string of the molecule is C1CNOCCOC1. The number of hydrogen-bond donors (Lipinski definition) is 1. The van der Waals surface area contributed by atoms with Crippen molar-refractivity contribution in [2.75, 3.05) is 26.4 Å². The fourth-order valence-electron chi connectivity index (χ4n) is 0.593. The van der Waals surface area contributed by atoms with Gasteiger partial charge in [-0.3, -0.25) is 4.84 Å². The second kappa shape index (κ2) is 3.83. The molecule has 0 aromatic rings. The predicted octanol–water partition coefficient (Wildman–Crippen LogP) is -0.0721. The Balaban J connectivity index is 2.00. The third-order valence-electron chi connectivity index (χ3n) is 0.999. The molecule has 0 amide bonds. The first kappa shape index (κ1) is 6.01. The highest BCUT2D eigenvalue weighted by Gasteiger charge is 1.93. The van der Waals surface area contributed by atoms with Crippen molar-refractivity contribution in [3.05, 3.63) is 0 Å². The average molecular weight is 117 g/mol. The molecule has 1 fully saturated rings. The Hall–Kier alpha value is -0.120. The van der Waals surface area contributed by atoms with Crippen molar-refractivity contribution in [2.24, 2.45) is 0 Å². The van der Waals surface area contributed by atoms with E-state index in [-0.39, 0.29) is 0 Å². The van der Waals surface area contributed by atoms with Gasteiger partial charge in [-0.05, 0) is 6.42 Å². The van der Waals surface area contributed by atoms with E-state index in [1.807, 2.05) is 0 Å². The minimum Gasteiger partial charge on any atom is -0.379 e. The first-order valence-corrected chi connectivity index (χ1v) is 2.92. The number of rotatable bonds is 0. The molecule has 0 spiro atoms. The molecule has 1 aliphatic heterocycles. The van der Waals surface area contributed by atoms with E-state index in [1.165, 1.54) is 0 Å². The van der Waals surface area contributed by atoms with Crippen LogP contribution < -0.4 is 5.48 Å². The minimum atomic E-state index is 0.667. The normalized spacial score (nSPS) is 24.0. The lowest BCUT2D eigenvalue weighted by molar-refractivity contribution is -0.0268. The van der Waals surface area contributed by atoms with Crippen LogP contribution in [0.25, 0.3) is 0 Å². The van der Waals surface area contributed by atoms with Crippen molar-refractivity contribution in [3.8, 4) is 0 Å². The summed E-state index contributed by atoms with van der Waals surface area (Å²) in [6, 6.07) is 0. The van der Waals surface area contributed by atoms with Crippen LogP contribution in [0.5, 0.6) is 0 Å². The number of hydroxylamine groups is 1. The van der Waals surface area contributed by atoms with Crippen LogP contribution in [0.1, 0.15) is 6.42 Å². The van der Waals surface area contributed by atoms with Crippen molar-refractivity contribution >= 4 is 0 Å². The molecule has 0 bridgehead atoms. The van der Waals surface area contributed by atoms with Crippen molar-refractivity contribution in [1.29, 1.82) is 0 Å². The highest BCUT2D eigenvalue weighted by atomic mass is 16.7. The topological polar surface area (TPSA) is 30.5 Å². The molecule has 0 radical (unpaired) electrons. The third-order valence-corrected chi connectivity index (χ3v) is 0.999. The Labute approximate surface area is 48.9 Å². The predicted molar refractivity (Wildman–Crippen MR) is 29.4 cm³/mol. The standard InChI is InChI=1S/C5H11NO2/c1-2-6-8-5-4-7-3-1/h6H,1-5H2. The van der Waals surface area contributed by atoms with E-state index in [0.29, 0.717) is 13.2 Å². The lowest BCUT2D eigenvalue weighted by atomic mass is 10.5. The number of ether oxygens (including phenoxy) is 1. The van der Waals surface area contributed by atoms with Gasteiger partial charge in [-0.15, -0.1) is 0 Å². The molecule has 0 unspecified atom stereocenters. The molecule has 3 heteroatoms. The van der Waals surface area contributed by atoms with Crippen LogP contribution in [0.15, 0.2) is 0 Å². The first-order valence-electron chi connectivity index (χ1n) is 2.92. The van der Waals surface area contributed by atoms with Crippen molar-refractivity contribution in [3.63, 3.8) is 0 Å². The van der Waals surface area contributed by atoms with E-state index >= 15 is 0 Å². The average Bonchev–Trinajstić information content (AvgIpc) is 1.62. The molecule has 8 heavy (non-hydrogen) atoms. The summed E-state index contributed by atoms with van der Waals surface area (Å²) < 4.78 is 5.11. The highest BCUT2D eigenvalue weighted by molar-refractivity contribution is 4.40. The van der Waals surface area contributed by atoms with Gasteiger partial charge in [-0.25, -0.2) is 5.48 Å². The van der Waals surface area contributed by atoms with Crippen LogP contribution in [0.4, 0.5) is 0 Å². The van der Waals surface area contributed by atoms with Gasteiger partial charge in [0.2, 0.25) is 0 Å². The Kier molecular flexibility index (Phi) is 2.88. The van der Waals surface area contributed by atoms with Crippen LogP contribution in [-0.4, -0.2) is 26.4 Å². The van der Waals surface area contributed by atoms with Gasteiger partial charge < -0.3 is 4.74 Å². The summed E-state index contributed by atoms with van der Waals surface area (Å²) in [5, 5.41) is 0. The van der Waals surface area contributed by atoms with Gasteiger partial charge in [0.1, 0.15) is 0 Å². The minimum absolute atomic E-state index is 0.667. The maximum Gasteiger partial charge on any atom is 0.0916 e. The van der Waals surface area contributed by atoms with E-state index in [2.05, 4.69) is 5.48 Å². The van der Waals surface area contributed by atoms with E-state index in [9.17, 15) is 0 Å². The van der Waals surface area contributed by atoms with Gasteiger partial charge in [0, 0.05) is 13.2 Å². The number of nitrogens with one attached hydrogen (secondary N) is 1. The fourth-order valence-corrected chi connectivity index (χ4v) is 0.593. The highest BCUT2D eigenvalue weighted by Crippen LogP contribution is 1.84. The first-order chi connectivity index (χ1) is 4.00. The van der Waals surface area contributed by atoms with Gasteiger partial charge >= 0.3 is 0 Å². The Morgan fingerprint density at radius 3 is 3.12 bits per heavy atom. The lowest BCUT2D eigenvalue weighted by Gasteiger charge is -2.10. The van der Waals surface area contributed by atoms with Gasteiger partial charge in [-0.1, -0.05) is 0 Å². The van der Waals surface area contributed by atoms with Crippen molar-refractivity contribution < 1.29 is 9.57 Å². The Morgan fingerprint density at radius 1 is 1.12 bits per heavy atom. The van der Waals surface area contributed by atoms with Crippen LogP contribution >= 0.6 is 0 Å². The van der Waals surface area contributed by atoms with Gasteiger partial charge in [0.15, 0.2) is 0 Å². The molecule has 0 aliphatic carbocycles. The Bertz CT molecular complexity index is 34.4. The van der Waals surface area contributed by atoms with Crippen molar-refractivity contribution in [2.45, 2.75) is 6.42 Å². The van der Waals surface area contributed by atoms with E-state index in [4.69, 9.17) is 9.57 Å². The quantitative estimate of drug-likeness (QED) is 0.481. The summed E-state index contributed by atoms with van der Waals surface area (Å²) >= 11 is 0. The summed E-state index contributed by atoms with van der Waals surface area (Å²) in [6.07, 6.45) is 1.04. The molecule has 1 rings (SSSR count). The molecule has 0 aromatic carbocycles. The summed E-state index contributed by atoms with van der Waals surface area (Å²) in [5.41, 5.74) is 2.81. The summed E-state index contributed by atoms with van der Waals surface area (Å²) in [5.74, 6) is 0. The largest absolute Gasteiger partial charge is 0.379 e. The molecule has 1 aliphatic rings. The molecule has 0 saturated carbocycles. The van der Waals surface area contributed by atoms with Gasteiger partial charge in [-0.2, -0.15) is 0 Å². The molecule has 1 heterocycles. The second-order valence-corrected chi connectivity index (χ2v) is 1.71. The molecule has 0 atom stereocenters. The van der Waals surface area contributed by atoms with E-state index in [0.717, 1.165) is 19.6 Å². The second-order valence-electron chi connectivity index (χ2n) is 1.71. The molecule has 0 aromatic heterocycles. The summed E-state index contributed by atoms with van der Waals surface area (Å²) in [4.78, 5) is 4.90. The van der Waals surface area contributed by atoms with Gasteiger partial charge in [0.25, 0.3) is 0 Å². The monoisotopic (exact) mass is 117 g/mol.